The van der Waals surface area contributed by atoms with E-state index in [1.807, 2.05) is 0 Å². The number of ether oxygens (including phenoxy) is 2. The summed E-state index contributed by atoms with van der Waals surface area (Å²) in [7, 11) is 0. The van der Waals surface area contributed by atoms with Crippen molar-refractivity contribution in [2.75, 3.05) is 13.2 Å². The van der Waals surface area contributed by atoms with E-state index in [1.165, 1.54) is 0 Å². The maximum atomic E-state index is 10.8. The van der Waals surface area contributed by atoms with Gasteiger partial charge in [0.1, 0.15) is 31.0 Å². The van der Waals surface area contributed by atoms with Crippen LogP contribution in [0.4, 0.5) is 0 Å². The first-order chi connectivity index (χ1) is 7.06. The van der Waals surface area contributed by atoms with Crippen LogP contribution in [0.2, 0.25) is 0 Å². The van der Waals surface area contributed by atoms with Gasteiger partial charge in [0.05, 0.1) is 6.61 Å². The smallest absolute Gasteiger partial charge is 0.305 e. The summed E-state index contributed by atoms with van der Waals surface area (Å²) in [6.07, 6.45) is -3.92. The number of aliphatic hydroxyl groups excluding tert-OH is 3. The third-order valence-corrected chi connectivity index (χ3v) is 2.27. The fourth-order valence-corrected chi connectivity index (χ4v) is 1.34. The molecule has 4 unspecified atom stereocenters. The molecule has 1 fully saturated rings. The predicted octanol–water partition coefficient (Wildman–Crippen LogP) is -1.58. The third-order valence-electron chi connectivity index (χ3n) is 2.27. The SMILES string of the molecule is CCC(=O)OCC(O)C1OCC(O)C1O. The average Bonchev–Trinajstić information content (AvgIpc) is 2.56. The molecule has 0 aliphatic carbocycles. The van der Waals surface area contributed by atoms with E-state index >= 15 is 0 Å². The summed E-state index contributed by atoms with van der Waals surface area (Å²) in [6.45, 7) is 1.38. The van der Waals surface area contributed by atoms with E-state index < -0.39 is 30.4 Å². The summed E-state index contributed by atoms with van der Waals surface area (Å²) in [5, 5.41) is 28.0. The Morgan fingerprint density at radius 1 is 1.60 bits per heavy atom. The molecule has 1 heterocycles. The Balaban J connectivity index is 2.34. The first kappa shape index (κ1) is 12.4. The maximum absolute atomic E-state index is 10.8. The molecule has 0 aromatic rings. The van der Waals surface area contributed by atoms with Crippen LogP contribution >= 0.6 is 0 Å². The number of esters is 1. The van der Waals surface area contributed by atoms with Gasteiger partial charge >= 0.3 is 5.97 Å². The predicted molar refractivity (Wildman–Crippen MR) is 49.0 cm³/mol. The molecule has 1 aliphatic rings. The van der Waals surface area contributed by atoms with Crippen LogP contribution < -0.4 is 0 Å². The van der Waals surface area contributed by atoms with Gasteiger partial charge in [-0.25, -0.2) is 0 Å². The van der Waals surface area contributed by atoms with Crippen LogP contribution in [0.5, 0.6) is 0 Å². The molecule has 6 heteroatoms. The summed E-state index contributed by atoms with van der Waals surface area (Å²) in [6, 6.07) is 0. The Morgan fingerprint density at radius 3 is 2.73 bits per heavy atom. The van der Waals surface area contributed by atoms with Crippen LogP contribution in [0.3, 0.4) is 0 Å². The second kappa shape index (κ2) is 5.41. The van der Waals surface area contributed by atoms with Crippen LogP contribution in [-0.2, 0) is 14.3 Å². The van der Waals surface area contributed by atoms with Gasteiger partial charge in [0, 0.05) is 6.42 Å². The van der Waals surface area contributed by atoms with Crippen molar-refractivity contribution in [3.63, 3.8) is 0 Å². The van der Waals surface area contributed by atoms with Gasteiger partial charge in [0.2, 0.25) is 0 Å². The molecular formula is C9H16O6. The van der Waals surface area contributed by atoms with E-state index in [4.69, 9.17) is 9.84 Å². The van der Waals surface area contributed by atoms with Crippen molar-refractivity contribution >= 4 is 5.97 Å². The summed E-state index contributed by atoms with van der Waals surface area (Å²) in [4.78, 5) is 10.8. The van der Waals surface area contributed by atoms with Crippen molar-refractivity contribution < 1.29 is 29.6 Å². The van der Waals surface area contributed by atoms with Crippen molar-refractivity contribution in [1.29, 1.82) is 0 Å². The molecule has 0 aromatic carbocycles. The van der Waals surface area contributed by atoms with Gasteiger partial charge in [-0.15, -0.1) is 0 Å². The standard InChI is InChI=1S/C9H16O6/c1-2-7(12)14-4-6(11)9-8(13)5(10)3-15-9/h5-6,8-11,13H,2-4H2,1H3. The van der Waals surface area contributed by atoms with E-state index in [0.29, 0.717) is 0 Å². The highest BCUT2D eigenvalue weighted by molar-refractivity contribution is 5.68. The van der Waals surface area contributed by atoms with E-state index in [-0.39, 0.29) is 19.6 Å². The maximum Gasteiger partial charge on any atom is 0.305 e. The second-order valence-corrected chi connectivity index (χ2v) is 3.46. The second-order valence-electron chi connectivity index (χ2n) is 3.46. The lowest BCUT2D eigenvalue weighted by Gasteiger charge is -2.20. The van der Waals surface area contributed by atoms with Crippen molar-refractivity contribution in [3.8, 4) is 0 Å². The number of carbonyl (C=O) groups excluding carboxylic acids is 1. The van der Waals surface area contributed by atoms with Crippen LogP contribution in [0.1, 0.15) is 13.3 Å². The van der Waals surface area contributed by atoms with E-state index in [0.717, 1.165) is 0 Å². The highest BCUT2D eigenvalue weighted by Gasteiger charge is 2.39. The van der Waals surface area contributed by atoms with Gasteiger partial charge in [-0.3, -0.25) is 4.79 Å². The van der Waals surface area contributed by atoms with Gasteiger partial charge in [-0.2, -0.15) is 0 Å². The lowest BCUT2D eigenvalue weighted by atomic mass is 10.1. The Kier molecular flexibility index (Phi) is 4.46. The fraction of sp³-hybridized carbons (Fsp3) is 0.889. The van der Waals surface area contributed by atoms with Gasteiger partial charge in [-0.05, 0) is 0 Å². The minimum Gasteiger partial charge on any atom is -0.463 e. The molecule has 0 aromatic heterocycles. The monoisotopic (exact) mass is 220 g/mol. The van der Waals surface area contributed by atoms with Crippen LogP contribution in [0.25, 0.3) is 0 Å². The lowest BCUT2D eigenvalue weighted by molar-refractivity contribution is -0.150. The fourth-order valence-electron chi connectivity index (χ4n) is 1.34. The first-order valence-electron chi connectivity index (χ1n) is 4.87. The molecule has 4 atom stereocenters. The van der Waals surface area contributed by atoms with Crippen LogP contribution in [-0.4, -0.2) is 58.9 Å². The Hall–Kier alpha value is -0.690. The van der Waals surface area contributed by atoms with Crippen LogP contribution in [0, 0.1) is 0 Å². The molecular weight excluding hydrogens is 204 g/mol. The Bertz CT molecular complexity index is 219. The van der Waals surface area contributed by atoms with Gasteiger partial charge in [0.15, 0.2) is 0 Å². The molecule has 15 heavy (non-hydrogen) atoms. The zero-order chi connectivity index (χ0) is 11.4. The van der Waals surface area contributed by atoms with Crippen molar-refractivity contribution in [3.05, 3.63) is 0 Å². The first-order valence-corrected chi connectivity index (χ1v) is 4.87. The topological polar surface area (TPSA) is 96.2 Å². The van der Waals surface area contributed by atoms with Crippen LogP contribution in [0.15, 0.2) is 0 Å². The molecule has 3 N–H and O–H groups in total. The summed E-state index contributed by atoms with van der Waals surface area (Å²) in [5.41, 5.74) is 0. The highest BCUT2D eigenvalue weighted by Crippen LogP contribution is 2.17. The lowest BCUT2D eigenvalue weighted by Crippen LogP contribution is -2.41. The minimum absolute atomic E-state index is 0.0232. The number of hydrogen-bond acceptors (Lipinski definition) is 6. The Labute approximate surface area is 87.4 Å². The van der Waals surface area contributed by atoms with Crippen molar-refractivity contribution in [1.82, 2.24) is 0 Å². The molecule has 1 saturated heterocycles. The molecule has 1 aliphatic heterocycles. The number of rotatable bonds is 4. The van der Waals surface area contributed by atoms with Gasteiger partial charge in [0.25, 0.3) is 0 Å². The molecule has 6 nitrogen and oxygen atoms in total. The largest absolute Gasteiger partial charge is 0.463 e. The summed E-state index contributed by atoms with van der Waals surface area (Å²) >= 11 is 0. The van der Waals surface area contributed by atoms with E-state index in [2.05, 4.69) is 4.74 Å². The van der Waals surface area contributed by atoms with Crippen molar-refractivity contribution in [2.24, 2.45) is 0 Å². The molecule has 0 amide bonds. The highest BCUT2D eigenvalue weighted by atomic mass is 16.6. The normalized spacial score (nSPS) is 32.7. The molecule has 1 rings (SSSR count). The van der Waals surface area contributed by atoms with Gasteiger partial charge in [-0.1, -0.05) is 6.92 Å². The number of aliphatic hydroxyl groups is 3. The number of carbonyl (C=O) groups is 1. The molecule has 0 spiro atoms. The molecule has 0 bridgehead atoms. The quantitative estimate of drug-likeness (QED) is 0.495. The zero-order valence-corrected chi connectivity index (χ0v) is 8.50. The molecule has 0 radical (unpaired) electrons. The van der Waals surface area contributed by atoms with Gasteiger partial charge < -0.3 is 24.8 Å². The molecule has 88 valence electrons. The zero-order valence-electron chi connectivity index (χ0n) is 8.50. The third kappa shape index (κ3) is 3.13. The molecule has 0 saturated carbocycles. The number of hydrogen-bond donors (Lipinski definition) is 3. The average molecular weight is 220 g/mol. The van der Waals surface area contributed by atoms with Crippen molar-refractivity contribution in [2.45, 2.75) is 37.8 Å². The van der Waals surface area contributed by atoms with E-state index in [1.54, 1.807) is 6.92 Å². The minimum atomic E-state index is -1.14. The summed E-state index contributed by atoms with van der Waals surface area (Å²) < 4.78 is 9.65. The van der Waals surface area contributed by atoms with E-state index in [9.17, 15) is 15.0 Å². The Morgan fingerprint density at radius 2 is 2.27 bits per heavy atom. The summed E-state index contributed by atoms with van der Waals surface area (Å²) in [5.74, 6) is -0.429.